The van der Waals surface area contributed by atoms with E-state index in [0.29, 0.717) is 5.69 Å². The number of carbonyl (C=O) groups excluding carboxylic acids is 1. The summed E-state index contributed by atoms with van der Waals surface area (Å²) in [4.78, 5) is 11.0. The molecule has 0 aliphatic carbocycles. The van der Waals surface area contributed by atoms with Crippen LogP contribution in [0, 0.1) is 5.82 Å². The van der Waals surface area contributed by atoms with Gasteiger partial charge in [-0.15, -0.1) is 0 Å². The molecule has 0 aliphatic rings. The zero-order valence-electron chi connectivity index (χ0n) is 12.8. The summed E-state index contributed by atoms with van der Waals surface area (Å²) in [6, 6.07) is 7.45. The highest BCUT2D eigenvalue weighted by Gasteiger charge is 2.18. The molecule has 0 heterocycles. The first kappa shape index (κ1) is 18.0. The highest BCUT2D eigenvalue weighted by Crippen LogP contribution is 2.29. The lowest BCUT2D eigenvalue weighted by molar-refractivity contribution is -0.114. The number of sulfonamides is 1. The molecule has 0 atom stereocenters. The van der Waals surface area contributed by atoms with Gasteiger partial charge in [-0.3, -0.25) is 9.52 Å². The summed E-state index contributed by atoms with van der Waals surface area (Å²) >= 11 is 5.64. The minimum atomic E-state index is -3.94. The molecule has 24 heavy (non-hydrogen) atoms. The summed E-state index contributed by atoms with van der Waals surface area (Å²) in [7, 11) is -2.59. The van der Waals surface area contributed by atoms with Crippen LogP contribution in [0.25, 0.3) is 0 Å². The van der Waals surface area contributed by atoms with Gasteiger partial charge in [0.15, 0.2) is 0 Å². The predicted octanol–water partition coefficient (Wildman–Crippen LogP) is 3.25. The van der Waals surface area contributed by atoms with Gasteiger partial charge in [-0.25, -0.2) is 12.8 Å². The Morgan fingerprint density at radius 3 is 2.50 bits per heavy atom. The minimum Gasteiger partial charge on any atom is -0.495 e. The Labute approximate surface area is 143 Å². The first-order valence-electron chi connectivity index (χ1n) is 6.66. The third-order valence-corrected chi connectivity index (χ3v) is 4.63. The molecule has 6 nitrogen and oxygen atoms in total. The first-order chi connectivity index (χ1) is 11.2. The molecule has 0 aliphatic heterocycles. The van der Waals surface area contributed by atoms with Crippen LogP contribution in [0.3, 0.4) is 0 Å². The summed E-state index contributed by atoms with van der Waals surface area (Å²) in [5, 5.41) is 2.33. The highest BCUT2D eigenvalue weighted by atomic mass is 35.5. The van der Waals surface area contributed by atoms with Crippen molar-refractivity contribution in [2.45, 2.75) is 11.8 Å². The average molecular weight is 373 g/mol. The molecule has 2 aromatic rings. The fourth-order valence-electron chi connectivity index (χ4n) is 1.91. The maximum absolute atomic E-state index is 13.1. The number of rotatable bonds is 5. The van der Waals surface area contributed by atoms with Gasteiger partial charge in [0.05, 0.1) is 28.4 Å². The molecule has 2 aromatic carbocycles. The molecule has 9 heteroatoms. The molecule has 0 bridgehead atoms. The number of ether oxygens (including phenoxy) is 1. The van der Waals surface area contributed by atoms with Crippen molar-refractivity contribution >= 4 is 38.9 Å². The molecular formula is C15H14ClFN2O4S. The smallest absolute Gasteiger partial charge is 0.262 e. The molecule has 0 fully saturated rings. The first-order valence-corrected chi connectivity index (χ1v) is 8.52. The molecule has 0 radical (unpaired) electrons. The number of amides is 1. The van der Waals surface area contributed by atoms with Gasteiger partial charge in [-0.1, -0.05) is 11.6 Å². The van der Waals surface area contributed by atoms with Gasteiger partial charge in [0, 0.05) is 13.0 Å². The second kappa shape index (κ2) is 7.06. The Hall–Kier alpha value is -2.32. The average Bonchev–Trinajstić information content (AvgIpc) is 2.50. The lowest BCUT2D eigenvalue weighted by Crippen LogP contribution is -2.14. The summed E-state index contributed by atoms with van der Waals surface area (Å²) < 4.78 is 45.3. The van der Waals surface area contributed by atoms with Crippen LogP contribution in [-0.2, 0) is 14.8 Å². The fourth-order valence-corrected chi connectivity index (χ4v) is 3.15. The zero-order chi connectivity index (χ0) is 17.9. The number of carbonyl (C=O) groups is 1. The standard InChI is InChI=1S/C15H14ClFN2O4S/c1-9(20)18-14-6-4-11(8-15(14)23-2)24(21,22)19-10-3-5-13(17)12(16)7-10/h3-8,19H,1-2H3,(H,18,20). The molecule has 0 saturated heterocycles. The summed E-state index contributed by atoms with van der Waals surface area (Å²) in [6.07, 6.45) is 0. The van der Waals surface area contributed by atoms with E-state index in [-0.39, 0.29) is 27.3 Å². The second-order valence-electron chi connectivity index (χ2n) is 4.78. The quantitative estimate of drug-likeness (QED) is 0.843. The van der Waals surface area contributed by atoms with E-state index in [1.807, 2.05) is 0 Å². The monoisotopic (exact) mass is 372 g/mol. The van der Waals surface area contributed by atoms with Crippen molar-refractivity contribution < 1.29 is 22.3 Å². The molecule has 0 spiro atoms. The van der Waals surface area contributed by atoms with Crippen molar-refractivity contribution in [3.63, 3.8) is 0 Å². The molecule has 128 valence electrons. The van der Waals surface area contributed by atoms with Gasteiger partial charge in [0.2, 0.25) is 5.91 Å². The maximum Gasteiger partial charge on any atom is 0.262 e. The van der Waals surface area contributed by atoms with Crippen LogP contribution in [-0.4, -0.2) is 21.4 Å². The van der Waals surface area contributed by atoms with Crippen molar-refractivity contribution in [1.29, 1.82) is 0 Å². The Kier molecular flexibility index (Phi) is 5.30. The number of benzene rings is 2. The Morgan fingerprint density at radius 1 is 1.21 bits per heavy atom. The van der Waals surface area contributed by atoms with Crippen molar-refractivity contribution in [3.05, 3.63) is 47.2 Å². The molecule has 2 N–H and O–H groups in total. The third-order valence-electron chi connectivity index (χ3n) is 2.97. The number of methoxy groups -OCH3 is 1. The van der Waals surface area contributed by atoms with Gasteiger partial charge in [0.25, 0.3) is 10.0 Å². The predicted molar refractivity (Wildman–Crippen MR) is 89.5 cm³/mol. The van der Waals surface area contributed by atoms with Crippen LogP contribution < -0.4 is 14.8 Å². The van der Waals surface area contributed by atoms with E-state index >= 15 is 0 Å². The number of nitrogens with one attached hydrogen (secondary N) is 2. The van der Waals surface area contributed by atoms with Crippen molar-refractivity contribution in [2.75, 3.05) is 17.1 Å². The van der Waals surface area contributed by atoms with E-state index in [2.05, 4.69) is 10.0 Å². The van der Waals surface area contributed by atoms with E-state index in [0.717, 1.165) is 12.1 Å². The normalized spacial score (nSPS) is 11.0. The van der Waals surface area contributed by atoms with Crippen LogP contribution >= 0.6 is 11.6 Å². The third kappa shape index (κ3) is 4.15. The molecule has 0 aromatic heterocycles. The van der Waals surface area contributed by atoms with E-state index in [1.54, 1.807) is 0 Å². The summed E-state index contributed by atoms with van der Waals surface area (Å²) in [5.74, 6) is -0.783. The topological polar surface area (TPSA) is 84.5 Å². The number of hydrogen-bond donors (Lipinski definition) is 2. The van der Waals surface area contributed by atoms with E-state index in [1.165, 1.54) is 38.3 Å². The second-order valence-corrected chi connectivity index (χ2v) is 6.87. The molecule has 2 rings (SSSR count). The van der Waals surface area contributed by atoms with Crippen molar-refractivity contribution in [1.82, 2.24) is 0 Å². The highest BCUT2D eigenvalue weighted by molar-refractivity contribution is 7.92. The molecule has 0 saturated carbocycles. The van der Waals surface area contributed by atoms with Gasteiger partial charge in [0.1, 0.15) is 11.6 Å². The van der Waals surface area contributed by atoms with Crippen LogP contribution in [0.2, 0.25) is 5.02 Å². The Balaban J connectivity index is 2.34. The Bertz CT molecular complexity index is 887. The van der Waals surface area contributed by atoms with Gasteiger partial charge in [-0.2, -0.15) is 0 Å². The van der Waals surface area contributed by atoms with Gasteiger partial charge < -0.3 is 10.1 Å². The molecular weight excluding hydrogens is 359 g/mol. The van der Waals surface area contributed by atoms with Gasteiger partial charge >= 0.3 is 0 Å². The number of halogens is 2. The van der Waals surface area contributed by atoms with Crippen LogP contribution in [0.4, 0.5) is 15.8 Å². The van der Waals surface area contributed by atoms with Gasteiger partial charge in [-0.05, 0) is 30.3 Å². The van der Waals surface area contributed by atoms with Crippen molar-refractivity contribution in [3.8, 4) is 5.75 Å². The molecule has 1 amide bonds. The minimum absolute atomic E-state index is 0.0890. The van der Waals surface area contributed by atoms with Crippen molar-refractivity contribution in [2.24, 2.45) is 0 Å². The largest absolute Gasteiger partial charge is 0.495 e. The summed E-state index contributed by atoms with van der Waals surface area (Å²) in [6.45, 7) is 1.32. The number of anilines is 2. The van der Waals surface area contributed by atoms with Crippen LogP contribution in [0.5, 0.6) is 5.75 Å². The van der Waals surface area contributed by atoms with Crippen LogP contribution in [0.1, 0.15) is 6.92 Å². The zero-order valence-corrected chi connectivity index (χ0v) is 14.3. The lowest BCUT2D eigenvalue weighted by atomic mass is 10.3. The number of hydrogen-bond acceptors (Lipinski definition) is 4. The Morgan fingerprint density at radius 2 is 1.92 bits per heavy atom. The van der Waals surface area contributed by atoms with E-state index in [4.69, 9.17) is 16.3 Å². The lowest BCUT2D eigenvalue weighted by Gasteiger charge is -2.12. The summed E-state index contributed by atoms with van der Waals surface area (Å²) in [5.41, 5.74) is 0.458. The van der Waals surface area contributed by atoms with Crippen LogP contribution in [0.15, 0.2) is 41.3 Å². The van der Waals surface area contributed by atoms with E-state index < -0.39 is 15.8 Å². The molecule has 0 unspecified atom stereocenters. The SMILES string of the molecule is COc1cc(S(=O)(=O)Nc2ccc(F)c(Cl)c2)ccc1NC(C)=O. The fraction of sp³-hybridized carbons (Fsp3) is 0.133. The van der Waals surface area contributed by atoms with E-state index in [9.17, 15) is 17.6 Å². The maximum atomic E-state index is 13.1.